The van der Waals surface area contributed by atoms with Gasteiger partial charge in [0.2, 0.25) is 0 Å². The van der Waals surface area contributed by atoms with Crippen LogP contribution in [0.1, 0.15) is 31.2 Å². The van der Waals surface area contributed by atoms with Gasteiger partial charge in [0.25, 0.3) is 0 Å². The zero-order chi connectivity index (χ0) is 50.4. The van der Waals surface area contributed by atoms with Gasteiger partial charge in [-0.15, -0.1) is 22.7 Å². The number of hydrogen-bond acceptors (Lipinski definition) is 12. The van der Waals surface area contributed by atoms with Crippen LogP contribution in [0.5, 0.6) is 40.2 Å². The first-order valence-corrected chi connectivity index (χ1v) is 25.7. The fraction of sp³-hybridized carbons (Fsp3) is 0.113. The zero-order valence-electron chi connectivity index (χ0n) is 40.9. The fourth-order valence-corrected chi connectivity index (χ4v) is 11.1. The second-order valence-corrected chi connectivity index (χ2v) is 19.3. The van der Waals surface area contributed by atoms with Crippen molar-refractivity contribution < 1.29 is 38.0 Å². The lowest BCUT2D eigenvalue weighted by molar-refractivity contribution is 0.112. The highest BCUT2D eigenvalue weighted by atomic mass is 32.1. The second-order valence-electron chi connectivity index (χ2n) is 17.2. The third-order valence-corrected chi connectivity index (χ3v) is 15.0. The highest BCUT2D eigenvalue weighted by Gasteiger charge is 2.26. The molecule has 0 fully saturated rings. The van der Waals surface area contributed by atoms with Crippen molar-refractivity contribution in [1.29, 1.82) is 0 Å². The highest BCUT2D eigenvalue weighted by molar-refractivity contribution is 7.17. The number of methoxy groups -OCH3 is 3. The summed E-state index contributed by atoms with van der Waals surface area (Å²) in [5.74, 6) is 5.43. The first kappa shape index (κ1) is 47.6. The van der Waals surface area contributed by atoms with Crippen LogP contribution in [0.2, 0.25) is 0 Å². The summed E-state index contributed by atoms with van der Waals surface area (Å²) in [6, 6.07) is 57.0. The molecule has 4 heterocycles. The number of benzene rings is 7. The van der Waals surface area contributed by atoms with Crippen molar-refractivity contribution in [3.8, 4) is 61.1 Å². The van der Waals surface area contributed by atoms with Crippen molar-refractivity contribution in [3.63, 3.8) is 0 Å². The van der Waals surface area contributed by atoms with Crippen molar-refractivity contribution in [1.82, 2.24) is 0 Å². The number of rotatable bonds is 16. The molecule has 0 spiro atoms. The summed E-state index contributed by atoms with van der Waals surface area (Å²) in [6.07, 6.45) is 9.30. The number of thiophene rings is 2. The minimum Gasteiger partial charge on any atom is -0.497 e. The molecule has 0 aliphatic carbocycles. The van der Waals surface area contributed by atoms with Crippen LogP contribution in [0.3, 0.4) is 0 Å². The Hall–Kier alpha value is -8.71. The van der Waals surface area contributed by atoms with Gasteiger partial charge in [-0.2, -0.15) is 0 Å². The Labute approximate surface area is 438 Å². The lowest BCUT2D eigenvalue weighted by atomic mass is 10.1. The van der Waals surface area contributed by atoms with E-state index in [-0.39, 0.29) is 0 Å². The lowest BCUT2D eigenvalue weighted by Gasteiger charge is -2.26. The van der Waals surface area contributed by atoms with Gasteiger partial charge in [-0.1, -0.05) is 60.7 Å². The molecule has 0 unspecified atom stereocenters. The van der Waals surface area contributed by atoms with E-state index in [1.807, 2.05) is 72.8 Å². The molecule has 12 heteroatoms. The number of aldehydes is 1. The van der Waals surface area contributed by atoms with Crippen molar-refractivity contribution in [2.45, 2.75) is 0 Å². The number of hydrogen-bond donors (Lipinski definition) is 0. The van der Waals surface area contributed by atoms with Gasteiger partial charge in [-0.25, -0.2) is 0 Å². The molecule has 10 nitrogen and oxygen atoms in total. The number of anilines is 6. The molecule has 0 atom stereocenters. The maximum absolute atomic E-state index is 11.4. The largest absolute Gasteiger partial charge is 0.497 e. The molecule has 368 valence electrons. The van der Waals surface area contributed by atoms with Gasteiger partial charge >= 0.3 is 0 Å². The standard InChI is InChI=1S/C62H50N2O8S2/c1-66-52-28-22-49(23-29-52)63(46-16-8-43(40-65)9-17-46)47-18-12-44(13-19-47)61-59-57(69-36-38-71-59)55(73-61)34-10-41-4-6-42(7-5-41)11-35-56-58-60(72-39-37-70-58)62(74-56)45-14-20-48(21-15-45)64(50-24-30-53(67-2)31-25-50)51-26-32-54(68-3)33-27-51/h4-35,40H,36-39H2,1-3H3/b34-10+,35-11+. The molecule has 9 aromatic rings. The van der Waals surface area contributed by atoms with Gasteiger partial charge in [0.1, 0.15) is 50.0 Å². The van der Waals surface area contributed by atoms with Crippen LogP contribution in [-0.2, 0) is 0 Å². The van der Waals surface area contributed by atoms with Gasteiger partial charge in [0.05, 0.1) is 40.8 Å². The number of nitrogens with zero attached hydrogens (tertiary/aromatic N) is 2. The molecule has 2 aromatic heterocycles. The maximum atomic E-state index is 11.4. The van der Waals surface area contributed by atoms with Crippen LogP contribution in [0.4, 0.5) is 34.1 Å². The quantitative estimate of drug-likeness (QED) is 0.0872. The summed E-state index contributed by atoms with van der Waals surface area (Å²) in [7, 11) is 5.00. The second kappa shape index (κ2) is 21.6. The molecule has 2 aliphatic rings. The summed E-state index contributed by atoms with van der Waals surface area (Å²) in [5.41, 5.74) is 10.6. The summed E-state index contributed by atoms with van der Waals surface area (Å²) in [5, 5.41) is 0. The fourth-order valence-electron chi connectivity index (χ4n) is 8.92. The summed E-state index contributed by atoms with van der Waals surface area (Å²) >= 11 is 3.31. The van der Waals surface area contributed by atoms with E-state index in [1.165, 1.54) is 0 Å². The SMILES string of the molecule is COc1ccc(N(c2ccc(C=O)cc2)c2ccc(-c3sc(/C=C/c4ccc(/C=C/c5sc(-c6ccc(N(c7ccc(OC)cc7)c7ccc(OC)cc7)cc6)c6c5OCCO6)cc4)c4c3OCCO4)cc2)cc1. The van der Waals surface area contributed by atoms with E-state index in [9.17, 15) is 4.79 Å². The molecule has 0 N–H and O–H groups in total. The molecule has 0 saturated carbocycles. The molecular weight excluding hydrogens is 965 g/mol. The van der Waals surface area contributed by atoms with Gasteiger partial charge in [-0.3, -0.25) is 4.79 Å². The van der Waals surface area contributed by atoms with Crippen LogP contribution in [0.25, 0.3) is 45.2 Å². The summed E-state index contributed by atoms with van der Waals surface area (Å²) < 4.78 is 41.4. The molecule has 7 aromatic carbocycles. The van der Waals surface area contributed by atoms with Gasteiger partial charge < -0.3 is 43.0 Å². The minimum absolute atomic E-state index is 0.480. The topological polar surface area (TPSA) is 88.2 Å². The number of ether oxygens (including phenoxy) is 7. The first-order chi connectivity index (χ1) is 36.5. The third-order valence-electron chi connectivity index (χ3n) is 12.7. The molecule has 0 amide bonds. The number of fused-ring (bicyclic) bond motifs is 2. The Kier molecular flexibility index (Phi) is 13.9. The third kappa shape index (κ3) is 9.93. The highest BCUT2D eigenvalue weighted by Crippen LogP contribution is 2.52. The first-order valence-electron chi connectivity index (χ1n) is 24.1. The van der Waals surface area contributed by atoms with E-state index in [0.717, 1.165) is 122 Å². The van der Waals surface area contributed by atoms with Crippen molar-refractivity contribution in [2.24, 2.45) is 0 Å². The summed E-state index contributed by atoms with van der Waals surface area (Å²) in [4.78, 5) is 19.8. The monoisotopic (exact) mass is 1010 g/mol. The predicted molar refractivity (Wildman–Crippen MR) is 300 cm³/mol. The van der Waals surface area contributed by atoms with Crippen LogP contribution in [0, 0.1) is 0 Å². The Morgan fingerprint density at radius 2 is 0.649 bits per heavy atom. The Morgan fingerprint density at radius 3 is 0.959 bits per heavy atom. The van der Waals surface area contributed by atoms with Gasteiger partial charge in [-0.05, 0) is 156 Å². The maximum Gasteiger partial charge on any atom is 0.180 e. The van der Waals surface area contributed by atoms with Crippen molar-refractivity contribution >= 4 is 87.4 Å². The van der Waals surface area contributed by atoms with E-state index >= 15 is 0 Å². The van der Waals surface area contributed by atoms with Crippen LogP contribution in [-0.4, -0.2) is 54.0 Å². The van der Waals surface area contributed by atoms with E-state index in [0.29, 0.717) is 32.0 Å². The average Bonchev–Trinajstić information content (AvgIpc) is 4.04. The molecule has 11 rings (SSSR count). The van der Waals surface area contributed by atoms with Crippen molar-refractivity contribution in [2.75, 3.05) is 57.6 Å². The lowest BCUT2D eigenvalue weighted by Crippen LogP contribution is -2.14. The smallest absolute Gasteiger partial charge is 0.180 e. The number of carbonyl (C=O) groups excluding carboxylic acids is 1. The molecule has 2 aliphatic heterocycles. The molecule has 0 radical (unpaired) electrons. The van der Waals surface area contributed by atoms with Crippen LogP contribution < -0.4 is 43.0 Å². The normalized spacial score (nSPS) is 12.7. The molecular formula is C62H50N2O8S2. The minimum atomic E-state index is 0.480. The van der Waals surface area contributed by atoms with Crippen LogP contribution >= 0.6 is 22.7 Å². The summed E-state index contributed by atoms with van der Waals surface area (Å²) in [6.45, 7) is 1.95. The predicted octanol–water partition coefficient (Wildman–Crippen LogP) is 15.8. The van der Waals surface area contributed by atoms with Crippen LogP contribution in [0.15, 0.2) is 170 Å². The van der Waals surface area contributed by atoms with E-state index in [2.05, 4.69) is 131 Å². The molecule has 0 saturated heterocycles. The van der Waals surface area contributed by atoms with E-state index in [4.69, 9.17) is 33.2 Å². The van der Waals surface area contributed by atoms with E-state index < -0.39 is 0 Å². The van der Waals surface area contributed by atoms with Crippen molar-refractivity contribution in [3.05, 3.63) is 196 Å². The van der Waals surface area contributed by atoms with Gasteiger partial charge in [0, 0.05) is 39.7 Å². The Morgan fingerprint density at radius 1 is 0.365 bits per heavy atom. The van der Waals surface area contributed by atoms with E-state index in [1.54, 1.807) is 44.0 Å². The number of carbonyl (C=O) groups is 1. The van der Waals surface area contributed by atoms with Gasteiger partial charge in [0.15, 0.2) is 23.0 Å². The molecule has 0 bridgehead atoms. The molecule has 74 heavy (non-hydrogen) atoms. The average molecular weight is 1020 g/mol. The zero-order valence-corrected chi connectivity index (χ0v) is 42.5. The Balaban J connectivity index is 0.809. The Bertz CT molecular complexity index is 3390.